The van der Waals surface area contributed by atoms with Gasteiger partial charge in [-0.15, -0.1) is 0 Å². The third-order valence-corrected chi connectivity index (χ3v) is 3.76. The monoisotopic (exact) mass is 249 g/mol. The third-order valence-electron chi connectivity index (χ3n) is 3.76. The van der Waals surface area contributed by atoms with Crippen LogP contribution < -0.4 is 15.2 Å². The molecule has 0 bridgehead atoms. The average molecular weight is 249 g/mol. The lowest BCUT2D eigenvalue weighted by molar-refractivity contribution is 0.102. The number of hydrogen-bond acceptors (Lipinski definition) is 3. The second kappa shape index (κ2) is 5.61. The topological polar surface area (TPSA) is 44.5 Å². The maximum atomic E-state index is 6.24. The Balaban J connectivity index is 2.20. The van der Waals surface area contributed by atoms with Gasteiger partial charge in [-0.3, -0.25) is 0 Å². The SMILES string of the molecule is CCCC(C)C1C[C@@H](N)c2ccc(OC)cc2O1. The molecule has 2 rings (SSSR count). The molecule has 0 amide bonds. The Morgan fingerprint density at radius 1 is 1.50 bits per heavy atom. The third kappa shape index (κ3) is 2.61. The predicted molar refractivity (Wildman–Crippen MR) is 73.0 cm³/mol. The molecule has 1 aromatic carbocycles. The summed E-state index contributed by atoms with van der Waals surface area (Å²) in [6.45, 7) is 4.45. The van der Waals surface area contributed by atoms with Gasteiger partial charge in [0.05, 0.1) is 7.11 Å². The summed E-state index contributed by atoms with van der Waals surface area (Å²) >= 11 is 0. The van der Waals surface area contributed by atoms with Crippen molar-refractivity contribution < 1.29 is 9.47 Å². The molecule has 1 aliphatic heterocycles. The van der Waals surface area contributed by atoms with Gasteiger partial charge in [0.2, 0.25) is 0 Å². The van der Waals surface area contributed by atoms with Crippen LogP contribution in [0, 0.1) is 5.92 Å². The number of hydrogen-bond donors (Lipinski definition) is 1. The first-order chi connectivity index (χ1) is 8.65. The molecule has 100 valence electrons. The Kier molecular flexibility index (Phi) is 4.12. The van der Waals surface area contributed by atoms with Crippen LogP contribution in [0.3, 0.4) is 0 Å². The van der Waals surface area contributed by atoms with E-state index in [1.165, 1.54) is 12.8 Å². The van der Waals surface area contributed by atoms with Crippen LogP contribution in [-0.2, 0) is 0 Å². The first kappa shape index (κ1) is 13.2. The van der Waals surface area contributed by atoms with Crippen molar-refractivity contribution in [2.24, 2.45) is 11.7 Å². The van der Waals surface area contributed by atoms with Gasteiger partial charge in [0, 0.05) is 24.1 Å². The molecule has 18 heavy (non-hydrogen) atoms. The average Bonchev–Trinajstić information content (AvgIpc) is 2.38. The fourth-order valence-electron chi connectivity index (χ4n) is 2.63. The van der Waals surface area contributed by atoms with E-state index in [9.17, 15) is 0 Å². The predicted octanol–water partition coefficient (Wildman–Crippen LogP) is 3.28. The van der Waals surface area contributed by atoms with E-state index in [1.807, 2.05) is 18.2 Å². The quantitative estimate of drug-likeness (QED) is 0.890. The molecule has 3 nitrogen and oxygen atoms in total. The zero-order chi connectivity index (χ0) is 13.1. The molecule has 1 aliphatic rings. The maximum absolute atomic E-state index is 6.24. The smallest absolute Gasteiger partial charge is 0.128 e. The first-order valence-corrected chi connectivity index (χ1v) is 6.75. The van der Waals surface area contributed by atoms with Gasteiger partial charge < -0.3 is 15.2 Å². The molecule has 1 aromatic rings. The molecule has 2 N–H and O–H groups in total. The van der Waals surface area contributed by atoms with E-state index in [2.05, 4.69) is 13.8 Å². The lowest BCUT2D eigenvalue weighted by Crippen LogP contribution is -2.34. The van der Waals surface area contributed by atoms with Crippen molar-refractivity contribution in [2.45, 2.75) is 45.3 Å². The molecule has 0 saturated carbocycles. The Bertz CT molecular complexity index is 405. The summed E-state index contributed by atoms with van der Waals surface area (Å²) in [4.78, 5) is 0. The zero-order valence-corrected chi connectivity index (χ0v) is 11.5. The van der Waals surface area contributed by atoms with Crippen LogP contribution in [0.5, 0.6) is 11.5 Å². The number of ether oxygens (including phenoxy) is 2. The van der Waals surface area contributed by atoms with E-state index in [1.54, 1.807) is 7.11 Å². The summed E-state index contributed by atoms with van der Waals surface area (Å²) in [5.41, 5.74) is 7.33. The van der Waals surface area contributed by atoms with Crippen LogP contribution in [0.1, 0.15) is 44.7 Å². The first-order valence-electron chi connectivity index (χ1n) is 6.75. The Morgan fingerprint density at radius 2 is 2.28 bits per heavy atom. The van der Waals surface area contributed by atoms with Gasteiger partial charge in [0.15, 0.2) is 0 Å². The van der Waals surface area contributed by atoms with Crippen molar-refractivity contribution >= 4 is 0 Å². The molecule has 0 radical (unpaired) electrons. The summed E-state index contributed by atoms with van der Waals surface area (Å²) in [7, 11) is 1.67. The Morgan fingerprint density at radius 3 is 2.94 bits per heavy atom. The van der Waals surface area contributed by atoms with Gasteiger partial charge in [-0.05, 0) is 18.4 Å². The van der Waals surface area contributed by atoms with Crippen LogP contribution in [-0.4, -0.2) is 13.2 Å². The number of rotatable bonds is 4. The van der Waals surface area contributed by atoms with Crippen LogP contribution in [0.25, 0.3) is 0 Å². The van der Waals surface area contributed by atoms with Crippen molar-refractivity contribution in [2.75, 3.05) is 7.11 Å². The Hall–Kier alpha value is -1.22. The van der Waals surface area contributed by atoms with Crippen LogP contribution in [0.4, 0.5) is 0 Å². The summed E-state index contributed by atoms with van der Waals surface area (Å²) in [6, 6.07) is 5.97. The molecular formula is C15H23NO2. The van der Waals surface area contributed by atoms with E-state index in [-0.39, 0.29) is 12.1 Å². The molecule has 3 atom stereocenters. The highest BCUT2D eigenvalue weighted by Gasteiger charge is 2.29. The highest BCUT2D eigenvalue weighted by atomic mass is 16.5. The summed E-state index contributed by atoms with van der Waals surface area (Å²) in [5.74, 6) is 2.26. The van der Waals surface area contributed by atoms with Crippen molar-refractivity contribution in [3.63, 3.8) is 0 Å². The second-order valence-corrected chi connectivity index (χ2v) is 5.17. The highest BCUT2D eigenvalue weighted by Crippen LogP contribution is 2.38. The van der Waals surface area contributed by atoms with E-state index >= 15 is 0 Å². The fourth-order valence-corrected chi connectivity index (χ4v) is 2.63. The van der Waals surface area contributed by atoms with E-state index in [4.69, 9.17) is 15.2 Å². The highest BCUT2D eigenvalue weighted by molar-refractivity contribution is 5.43. The van der Waals surface area contributed by atoms with Crippen LogP contribution in [0.2, 0.25) is 0 Å². The normalized spacial score (nSPS) is 24.0. The van der Waals surface area contributed by atoms with Gasteiger partial charge in [0.25, 0.3) is 0 Å². The minimum Gasteiger partial charge on any atom is -0.497 e. The molecule has 0 spiro atoms. The largest absolute Gasteiger partial charge is 0.497 e. The summed E-state index contributed by atoms with van der Waals surface area (Å²) in [5, 5.41) is 0. The summed E-state index contributed by atoms with van der Waals surface area (Å²) in [6.07, 6.45) is 3.48. The van der Waals surface area contributed by atoms with Gasteiger partial charge >= 0.3 is 0 Å². The molecule has 0 saturated heterocycles. The van der Waals surface area contributed by atoms with E-state index < -0.39 is 0 Å². The van der Waals surface area contributed by atoms with Gasteiger partial charge in [-0.1, -0.05) is 26.3 Å². The lowest BCUT2D eigenvalue weighted by Gasteiger charge is -2.34. The van der Waals surface area contributed by atoms with Crippen LogP contribution >= 0.6 is 0 Å². The van der Waals surface area contributed by atoms with Gasteiger partial charge in [0.1, 0.15) is 17.6 Å². The minimum atomic E-state index is 0.0731. The molecule has 0 aliphatic carbocycles. The maximum Gasteiger partial charge on any atom is 0.128 e. The standard InChI is InChI=1S/C15H23NO2/c1-4-5-10(2)14-9-13(16)12-7-6-11(17-3)8-15(12)18-14/h6-8,10,13-14H,4-5,9,16H2,1-3H3/t10?,13-,14?/m1/s1. The fraction of sp³-hybridized carbons (Fsp3) is 0.600. The minimum absolute atomic E-state index is 0.0731. The van der Waals surface area contributed by atoms with Crippen LogP contribution in [0.15, 0.2) is 18.2 Å². The number of benzene rings is 1. The molecule has 2 unspecified atom stereocenters. The molecule has 0 aromatic heterocycles. The summed E-state index contributed by atoms with van der Waals surface area (Å²) < 4.78 is 11.3. The number of fused-ring (bicyclic) bond motifs is 1. The number of nitrogens with two attached hydrogens (primary N) is 1. The number of methoxy groups -OCH3 is 1. The van der Waals surface area contributed by atoms with Gasteiger partial charge in [-0.25, -0.2) is 0 Å². The molecule has 1 heterocycles. The van der Waals surface area contributed by atoms with Gasteiger partial charge in [-0.2, -0.15) is 0 Å². The van der Waals surface area contributed by atoms with Crippen molar-refractivity contribution in [3.05, 3.63) is 23.8 Å². The molecule has 3 heteroatoms. The van der Waals surface area contributed by atoms with Crippen molar-refractivity contribution in [3.8, 4) is 11.5 Å². The molecule has 0 fully saturated rings. The van der Waals surface area contributed by atoms with E-state index in [0.29, 0.717) is 5.92 Å². The lowest BCUT2D eigenvalue weighted by atomic mass is 9.89. The van der Waals surface area contributed by atoms with Crippen molar-refractivity contribution in [1.29, 1.82) is 0 Å². The Labute approximate surface area is 109 Å². The molecular weight excluding hydrogens is 226 g/mol. The van der Waals surface area contributed by atoms with Crippen molar-refractivity contribution in [1.82, 2.24) is 0 Å². The second-order valence-electron chi connectivity index (χ2n) is 5.17. The zero-order valence-electron chi connectivity index (χ0n) is 11.5. The van der Waals surface area contributed by atoms with E-state index in [0.717, 1.165) is 23.5 Å².